The van der Waals surface area contributed by atoms with Gasteiger partial charge in [0.2, 0.25) is 5.95 Å². The Hall–Kier alpha value is -3.69. The summed E-state index contributed by atoms with van der Waals surface area (Å²) < 4.78 is 21.5. The first-order valence-corrected chi connectivity index (χ1v) is 12.2. The van der Waals surface area contributed by atoms with Crippen molar-refractivity contribution < 1.29 is 9.13 Å². The minimum atomic E-state index is -0.276. The van der Waals surface area contributed by atoms with Crippen LogP contribution in [0.25, 0.3) is 0 Å². The Kier molecular flexibility index (Phi) is 7.35. The predicted octanol–water partition coefficient (Wildman–Crippen LogP) is 6.05. The van der Waals surface area contributed by atoms with Crippen LogP contribution in [0.5, 0.6) is 5.75 Å². The molecule has 9 heteroatoms. The number of hydrogen-bond acceptors (Lipinski definition) is 8. The highest BCUT2D eigenvalue weighted by atomic mass is 32.2. The lowest BCUT2D eigenvalue weighted by Gasteiger charge is -2.31. The van der Waals surface area contributed by atoms with Gasteiger partial charge in [-0.05, 0) is 91.5 Å². The molecule has 2 N–H and O–H groups in total. The molecule has 0 aliphatic carbocycles. The Morgan fingerprint density at radius 1 is 0.829 bits per heavy atom. The lowest BCUT2D eigenvalue weighted by atomic mass is 10.1. The number of halogens is 1. The van der Waals surface area contributed by atoms with E-state index in [0.29, 0.717) is 11.8 Å². The standard InChI is InChI=1S/C26H25FN6OS/c27-19-1-3-20(4-2-19)30-25-11-16-29-26(32-25)31-21-5-7-24(8-6-21)35-33-17-12-23(13-18-33)34-22-9-14-28-15-10-22/h1-11,14-16,23H,12-13,17-18H2,(H2,29,30,31,32). The van der Waals surface area contributed by atoms with Crippen molar-refractivity contribution in [2.24, 2.45) is 0 Å². The summed E-state index contributed by atoms with van der Waals surface area (Å²) in [5.74, 6) is 1.71. The van der Waals surface area contributed by atoms with Crippen LogP contribution in [0, 0.1) is 5.82 Å². The summed E-state index contributed by atoms with van der Waals surface area (Å²) in [5, 5.41) is 6.38. The van der Waals surface area contributed by atoms with Crippen LogP contribution < -0.4 is 15.4 Å². The molecule has 2 aromatic carbocycles. The Labute approximate surface area is 207 Å². The Morgan fingerprint density at radius 3 is 2.26 bits per heavy atom. The van der Waals surface area contributed by atoms with Crippen molar-refractivity contribution in [3.63, 3.8) is 0 Å². The zero-order valence-electron chi connectivity index (χ0n) is 19.0. The van der Waals surface area contributed by atoms with Gasteiger partial charge in [0.05, 0.1) is 0 Å². The molecule has 178 valence electrons. The van der Waals surface area contributed by atoms with Gasteiger partial charge in [0, 0.05) is 48.0 Å². The lowest BCUT2D eigenvalue weighted by molar-refractivity contribution is 0.139. The molecule has 0 bridgehead atoms. The Bertz CT molecular complexity index is 1220. The fourth-order valence-corrected chi connectivity index (χ4v) is 4.65. The van der Waals surface area contributed by atoms with Crippen molar-refractivity contribution in [2.45, 2.75) is 23.8 Å². The van der Waals surface area contributed by atoms with E-state index < -0.39 is 0 Å². The monoisotopic (exact) mass is 488 g/mol. The number of piperidine rings is 1. The fourth-order valence-electron chi connectivity index (χ4n) is 3.70. The Balaban J connectivity index is 1.11. The van der Waals surface area contributed by atoms with Crippen molar-refractivity contribution in [3.05, 3.63) is 91.1 Å². The molecule has 5 rings (SSSR count). The van der Waals surface area contributed by atoms with E-state index in [1.54, 1.807) is 48.7 Å². The molecule has 4 aromatic rings. The average molecular weight is 489 g/mol. The third-order valence-corrected chi connectivity index (χ3v) is 6.58. The highest BCUT2D eigenvalue weighted by molar-refractivity contribution is 7.97. The first-order chi connectivity index (χ1) is 17.2. The highest BCUT2D eigenvalue weighted by Crippen LogP contribution is 2.29. The van der Waals surface area contributed by atoms with Gasteiger partial charge in [0.1, 0.15) is 23.5 Å². The largest absolute Gasteiger partial charge is 0.490 e. The summed E-state index contributed by atoms with van der Waals surface area (Å²) in [7, 11) is 0. The number of aromatic nitrogens is 3. The van der Waals surface area contributed by atoms with Gasteiger partial charge in [-0.3, -0.25) is 4.98 Å². The van der Waals surface area contributed by atoms with E-state index in [1.165, 1.54) is 17.0 Å². The molecule has 0 amide bonds. The van der Waals surface area contributed by atoms with Crippen LogP contribution in [0.3, 0.4) is 0 Å². The minimum absolute atomic E-state index is 0.245. The normalized spacial score (nSPS) is 14.4. The van der Waals surface area contributed by atoms with E-state index >= 15 is 0 Å². The van der Waals surface area contributed by atoms with Gasteiger partial charge in [-0.15, -0.1) is 0 Å². The smallest absolute Gasteiger partial charge is 0.229 e. The second kappa shape index (κ2) is 11.2. The quantitative estimate of drug-likeness (QED) is 0.291. The van der Waals surface area contributed by atoms with Crippen molar-refractivity contribution in [1.29, 1.82) is 0 Å². The first-order valence-electron chi connectivity index (χ1n) is 11.4. The maximum atomic E-state index is 13.1. The van der Waals surface area contributed by atoms with E-state index in [1.807, 2.05) is 24.3 Å². The Morgan fingerprint density at radius 2 is 1.51 bits per heavy atom. The molecule has 0 radical (unpaired) electrons. The molecule has 1 aliphatic heterocycles. The van der Waals surface area contributed by atoms with E-state index in [0.717, 1.165) is 43.1 Å². The second-order valence-corrected chi connectivity index (χ2v) is 9.24. The number of rotatable bonds is 8. The van der Waals surface area contributed by atoms with Crippen molar-refractivity contribution >= 4 is 35.1 Å². The third kappa shape index (κ3) is 6.68. The molecule has 0 atom stereocenters. The van der Waals surface area contributed by atoms with Crippen LogP contribution in [0.2, 0.25) is 0 Å². The molecule has 0 saturated carbocycles. The summed E-state index contributed by atoms with van der Waals surface area (Å²) in [6.07, 6.45) is 7.42. The zero-order valence-corrected chi connectivity index (χ0v) is 19.8. The number of nitrogens with zero attached hydrogens (tertiary/aromatic N) is 4. The van der Waals surface area contributed by atoms with Crippen molar-refractivity contribution in [3.8, 4) is 5.75 Å². The fraction of sp³-hybridized carbons (Fsp3) is 0.192. The topological polar surface area (TPSA) is 75.2 Å². The number of pyridine rings is 1. The van der Waals surface area contributed by atoms with Gasteiger partial charge in [0.25, 0.3) is 0 Å². The summed E-state index contributed by atoms with van der Waals surface area (Å²) in [5.41, 5.74) is 1.66. The lowest BCUT2D eigenvalue weighted by Crippen LogP contribution is -2.34. The predicted molar refractivity (Wildman–Crippen MR) is 137 cm³/mol. The average Bonchev–Trinajstić information content (AvgIpc) is 2.89. The number of nitrogens with one attached hydrogen (secondary N) is 2. The molecule has 0 spiro atoms. The highest BCUT2D eigenvalue weighted by Gasteiger charge is 2.21. The number of hydrogen-bond donors (Lipinski definition) is 2. The molecular formula is C26H25FN6OS. The molecule has 1 fully saturated rings. The van der Waals surface area contributed by atoms with E-state index in [9.17, 15) is 4.39 Å². The minimum Gasteiger partial charge on any atom is -0.490 e. The van der Waals surface area contributed by atoms with Crippen molar-refractivity contribution in [1.82, 2.24) is 19.3 Å². The maximum Gasteiger partial charge on any atom is 0.229 e. The van der Waals surface area contributed by atoms with E-state index in [-0.39, 0.29) is 11.9 Å². The van der Waals surface area contributed by atoms with E-state index in [2.05, 4.69) is 42.0 Å². The van der Waals surface area contributed by atoms with Crippen LogP contribution in [-0.2, 0) is 0 Å². The van der Waals surface area contributed by atoms with E-state index in [4.69, 9.17) is 4.74 Å². The van der Waals surface area contributed by atoms with Gasteiger partial charge in [-0.2, -0.15) is 4.98 Å². The zero-order chi connectivity index (χ0) is 23.9. The molecule has 1 aliphatic rings. The van der Waals surface area contributed by atoms with Gasteiger partial charge in [-0.1, -0.05) is 0 Å². The van der Waals surface area contributed by atoms with Gasteiger partial charge < -0.3 is 15.4 Å². The molecular weight excluding hydrogens is 463 g/mol. The number of anilines is 4. The van der Waals surface area contributed by atoms with Crippen LogP contribution in [0.15, 0.2) is 90.2 Å². The van der Waals surface area contributed by atoms with Crippen molar-refractivity contribution in [2.75, 3.05) is 23.7 Å². The van der Waals surface area contributed by atoms with Gasteiger partial charge in [-0.25, -0.2) is 13.7 Å². The summed E-state index contributed by atoms with van der Waals surface area (Å²) in [4.78, 5) is 14.0. The summed E-state index contributed by atoms with van der Waals surface area (Å²) in [6.45, 7) is 1.95. The van der Waals surface area contributed by atoms with Crippen LogP contribution >= 0.6 is 11.9 Å². The summed E-state index contributed by atoms with van der Waals surface area (Å²) in [6, 6.07) is 19.9. The molecule has 35 heavy (non-hydrogen) atoms. The van der Waals surface area contributed by atoms with Crippen LogP contribution in [-0.4, -0.2) is 38.5 Å². The molecule has 1 saturated heterocycles. The SMILES string of the molecule is Fc1ccc(Nc2ccnc(Nc3ccc(SN4CCC(Oc5ccncc5)CC4)cc3)n2)cc1. The number of ether oxygens (including phenoxy) is 1. The second-order valence-electron chi connectivity index (χ2n) is 8.07. The summed E-state index contributed by atoms with van der Waals surface area (Å²) >= 11 is 1.76. The first kappa shape index (κ1) is 23.1. The van der Waals surface area contributed by atoms with Gasteiger partial charge >= 0.3 is 0 Å². The third-order valence-electron chi connectivity index (χ3n) is 5.47. The maximum absolute atomic E-state index is 13.1. The number of benzene rings is 2. The molecule has 7 nitrogen and oxygen atoms in total. The molecule has 0 unspecified atom stereocenters. The molecule has 3 heterocycles. The van der Waals surface area contributed by atoms with Crippen LogP contribution in [0.4, 0.5) is 27.5 Å². The van der Waals surface area contributed by atoms with Crippen LogP contribution in [0.1, 0.15) is 12.8 Å². The molecule has 2 aromatic heterocycles. The van der Waals surface area contributed by atoms with Gasteiger partial charge in [0.15, 0.2) is 0 Å².